The minimum atomic E-state index is -0.595. The fourth-order valence-electron chi connectivity index (χ4n) is 1.62. The third-order valence-electron chi connectivity index (χ3n) is 2.87. The molecule has 4 N–H and O–H groups in total. The van der Waals surface area contributed by atoms with Crippen molar-refractivity contribution < 1.29 is 9.59 Å². The molecule has 1 rings (SSSR count). The molecule has 0 aromatic heterocycles. The van der Waals surface area contributed by atoms with Crippen LogP contribution in [-0.4, -0.2) is 30.2 Å². The number of nitrogens with two attached hydrogens (primary N) is 1. The molecule has 0 fully saturated rings. The van der Waals surface area contributed by atoms with Crippen molar-refractivity contribution in [3.8, 4) is 0 Å². The van der Waals surface area contributed by atoms with Crippen LogP contribution in [0, 0.1) is 5.92 Å². The minimum Gasteiger partial charge on any atom is -0.346 e. The van der Waals surface area contributed by atoms with Gasteiger partial charge in [0, 0.05) is 10.6 Å². The molecule has 21 heavy (non-hydrogen) atoms. The maximum Gasteiger partial charge on any atom is 0.243 e. The Morgan fingerprint density at radius 3 is 2.67 bits per heavy atom. The van der Waals surface area contributed by atoms with Crippen LogP contribution in [-0.2, 0) is 9.59 Å². The van der Waals surface area contributed by atoms with Crippen LogP contribution in [0.2, 0.25) is 0 Å². The Morgan fingerprint density at radius 2 is 2.05 bits per heavy atom. The summed E-state index contributed by atoms with van der Waals surface area (Å²) in [6.07, 6.45) is 0. The Bertz CT molecular complexity index is 492. The zero-order valence-electron chi connectivity index (χ0n) is 12.7. The highest BCUT2D eigenvalue weighted by atomic mass is 32.2. The molecule has 0 aliphatic carbocycles. The zero-order valence-corrected chi connectivity index (χ0v) is 13.5. The number of benzene rings is 1. The van der Waals surface area contributed by atoms with Gasteiger partial charge in [-0.1, -0.05) is 26.8 Å². The lowest BCUT2D eigenvalue weighted by atomic mass is 10.1. The molecule has 0 saturated heterocycles. The highest BCUT2D eigenvalue weighted by Crippen LogP contribution is 2.20. The van der Waals surface area contributed by atoms with Gasteiger partial charge in [-0.3, -0.25) is 9.59 Å². The van der Waals surface area contributed by atoms with Crippen molar-refractivity contribution in [1.82, 2.24) is 5.32 Å². The van der Waals surface area contributed by atoms with Crippen molar-refractivity contribution in [2.24, 2.45) is 11.7 Å². The largest absolute Gasteiger partial charge is 0.346 e. The fourth-order valence-corrected chi connectivity index (χ4v) is 2.34. The second kappa shape index (κ2) is 8.69. The maximum atomic E-state index is 11.8. The van der Waals surface area contributed by atoms with Crippen molar-refractivity contribution in [2.75, 3.05) is 17.6 Å². The second-order valence-corrected chi connectivity index (χ2v) is 6.33. The van der Waals surface area contributed by atoms with E-state index in [0.717, 1.165) is 16.3 Å². The predicted molar refractivity (Wildman–Crippen MR) is 87.3 cm³/mol. The Hall–Kier alpha value is -1.53. The molecular formula is C15H23N3O2S. The Balaban J connectivity index is 2.47. The highest BCUT2D eigenvalue weighted by Gasteiger charge is 2.17. The van der Waals surface area contributed by atoms with Gasteiger partial charge in [-0.25, -0.2) is 0 Å². The third-order valence-corrected chi connectivity index (χ3v) is 3.75. The quantitative estimate of drug-likeness (QED) is 0.671. The minimum absolute atomic E-state index is 0.0378. The van der Waals surface area contributed by atoms with Crippen molar-refractivity contribution in [1.29, 1.82) is 0 Å². The highest BCUT2D eigenvalue weighted by molar-refractivity contribution is 7.99. The summed E-state index contributed by atoms with van der Waals surface area (Å²) < 4.78 is 0. The molecule has 5 nitrogen and oxygen atoms in total. The molecule has 0 radical (unpaired) electrons. The van der Waals surface area contributed by atoms with E-state index >= 15 is 0 Å². The van der Waals surface area contributed by atoms with Crippen LogP contribution in [0.1, 0.15) is 20.8 Å². The van der Waals surface area contributed by atoms with Crippen LogP contribution >= 0.6 is 11.8 Å². The molecule has 1 atom stereocenters. The van der Waals surface area contributed by atoms with Gasteiger partial charge in [0.25, 0.3) is 0 Å². The van der Waals surface area contributed by atoms with Crippen LogP contribution in [0.25, 0.3) is 0 Å². The lowest BCUT2D eigenvalue weighted by molar-refractivity contribution is -0.125. The standard InChI is InChI=1S/C15H23N3O2S/c1-4-21-12-7-5-6-11(8-12)18-13(19)9-17-15(20)14(16)10(2)3/h5-8,10,14H,4,9,16H2,1-3H3,(H,17,20)(H,18,19)/t14-/m0/s1. The average molecular weight is 309 g/mol. The molecule has 0 aliphatic rings. The van der Waals surface area contributed by atoms with Gasteiger partial charge >= 0.3 is 0 Å². The molecule has 116 valence electrons. The number of carbonyl (C=O) groups excluding carboxylic acids is 2. The number of rotatable bonds is 7. The molecule has 6 heteroatoms. The molecule has 0 heterocycles. The van der Waals surface area contributed by atoms with Crippen molar-refractivity contribution in [3.63, 3.8) is 0 Å². The van der Waals surface area contributed by atoms with Crippen molar-refractivity contribution in [2.45, 2.75) is 31.7 Å². The number of carbonyl (C=O) groups is 2. The van der Waals surface area contributed by atoms with Gasteiger partial charge in [0.2, 0.25) is 11.8 Å². The smallest absolute Gasteiger partial charge is 0.243 e. The van der Waals surface area contributed by atoms with Crippen molar-refractivity contribution >= 4 is 29.3 Å². The van der Waals surface area contributed by atoms with Crippen LogP contribution < -0.4 is 16.4 Å². The number of thioether (sulfide) groups is 1. The zero-order chi connectivity index (χ0) is 15.8. The summed E-state index contributed by atoms with van der Waals surface area (Å²) in [6.45, 7) is 5.72. The SMILES string of the molecule is CCSc1cccc(NC(=O)CNC(=O)[C@@H](N)C(C)C)c1. The number of anilines is 1. The summed E-state index contributed by atoms with van der Waals surface area (Å²) in [5.74, 6) is 0.435. The summed E-state index contributed by atoms with van der Waals surface area (Å²) in [5, 5.41) is 5.30. The van der Waals surface area contributed by atoms with Crippen LogP contribution in [0.4, 0.5) is 5.69 Å². The second-order valence-electron chi connectivity index (χ2n) is 5.00. The first-order valence-corrected chi connectivity index (χ1v) is 7.98. The monoisotopic (exact) mass is 309 g/mol. The number of nitrogens with one attached hydrogen (secondary N) is 2. The lowest BCUT2D eigenvalue weighted by Gasteiger charge is -2.15. The van der Waals surface area contributed by atoms with Crippen molar-refractivity contribution in [3.05, 3.63) is 24.3 Å². The Kier molecular flexibility index (Phi) is 7.25. The van der Waals surface area contributed by atoms with E-state index in [9.17, 15) is 9.59 Å². The third kappa shape index (κ3) is 6.18. The van der Waals surface area contributed by atoms with Gasteiger partial charge in [-0.15, -0.1) is 11.8 Å². The number of amides is 2. The first-order valence-electron chi connectivity index (χ1n) is 7.00. The van der Waals surface area contributed by atoms with E-state index < -0.39 is 6.04 Å². The summed E-state index contributed by atoms with van der Waals surface area (Å²) in [7, 11) is 0. The summed E-state index contributed by atoms with van der Waals surface area (Å²) in [5.41, 5.74) is 6.43. The molecule has 1 aromatic carbocycles. The molecule has 0 bridgehead atoms. The van der Waals surface area contributed by atoms with E-state index in [1.807, 2.05) is 38.1 Å². The van der Waals surface area contributed by atoms with Gasteiger partial charge < -0.3 is 16.4 Å². The van der Waals surface area contributed by atoms with E-state index in [0.29, 0.717) is 0 Å². The van der Waals surface area contributed by atoms with Gasteiger partial charge in [0.15, 0.2) is 0 Å². The van der Waals surface area contributed by atoms with Gasteiger partial charge in [-0.05, 0) is 29.9 Å². The molecule has 0 spiro atoms. The molecule has 1 aromatic rings. The van der Waals surface area contributed by atoms with Crippen LogP contribution in [0.15, 0.2) is 29.2 Å². The van der Waals surface area contributed by atoms with Crippen LogP contribution in [0.5, 0.6) is 0 Å². The fraction of sp³-hybridized carbons (Fsp3) is 0.467. The maximum absolute atomic E-state index is 11.8. The summed E-state index contributed by atoms with van der Waals surface area (Å²) in [6, 6.07) is 7.02. The van der Waals surface area contributed by atoms with E-state index in [1.54, 1.807) is 11.8 Å². The molecule has 0 aliphatic heterocycles. The average Bonchev–Trinajstić information content (AvgIpc) is 2.44. The molecule has 0 saturated carbocycles. The number of hydrogen-bond acceptors (Lipinski definition) is 4. The Morgan fingerprint density at radius 1 is 1.33 bits per heavy atom. The molecule has 0 unspecified atom stereocenters. The summed E-state index contributed by atoms with van der Waals surface area (Å²) >= 11 is 1.70. The van der Waals surface area contributed by atoms with Crippen LogP contribution in [0.3, 0.4) is 0 Å². The van der Waals surface area contributed by atoms with Gasteiger partial charge in [0.05, 0.1) is 12.6 Å². The number of hydrogen-bond donors (Lipinski definition) is 3. The van der Waals surface area contributed by atoms with E-state index in [1.165, 1.54) is 0 Å². The predicted octanol–water partition coefficient (Wildman–Crippen LogP) is 1.84. The van der Waals surface area contributed by atoms with Gasteiger partial charge in [-0.2, -0.15) is 0 Å². The first-order chi connectivity index (χ1) is 9.93. The Labute approximate surface area is 130 Å². The van der Waals surface area contributed by atoms with Gasteiger partial charge in [0.1, 0.15) is 0 Å². The molecule has 2 amide bonds. The van der Waals surface area contributed by atoms with E-state index in [2.05, 4.69) is 17.6 Å². The van der Waals surface area contributed by atoms with E-state index in [4.69, 9.17) is 5.73 Å². The lowest BCUT2D eigenvalue weighted by Crippen LogP contribution is -2.46. The summed E-state index contributed by atoms with van der Waals surface area (Å²) in [4.78, 5) is 24.6. The van der Waals surface area contributed by atoms with E-state index in [-0.39, 0.29) is 24.3 Å². The molecular weight excluding hydrogens is 286 g/mol. The normalized spacial score (nSPS) is 12.0. The topological polar surface area (TPSA) is 84.2 Å². The first kappa shape index (κ1) is 17.5.